The first-order valence-electron chi connectivity index (χ1n) is 5.15. The summed E-state index contributed by atoms with van der Waals surface area (Å²) in [5.74, 6) is 0. The number of halogens is 1. The van der Waals surface area contributed by atoms with Gasteiger partial charge in [0.15, 0.2) is 0 Å². The predicted molar refractivity (Wildman–Crippen MR) is 57.9 cm³/mol. The molecule has 0 radical (unpaired) electrons. The lowest BCUT2D eigenvalue weighted by Crippen LogP contribution is -2.41. The number of nitrogens with two attached hydrogens (primary N) is 1. The van der Waals surface area contributed by atoms with Crippen LogP contribution in [0.15, 0.2) is 12.4 Å². The molecule has 1 aromatic heterocycles. The molecule has 1 aromatic rings. The van der Waals surface area contributed by atoms with Crippen LogP contribution in [-0.4, -0.2) is 22.1 Å². The maximum absolute atomic E-state index is 5.95. The zero-order chi connectivity index (χ0) is 10.7. The molecule has 4 nitrogen and oxygen atoms in total. The van der Waals surface area contributed by atoms with E-state index in [2.05, 4.69) is 9.97 Å². The lowest BCUT2D eigenvalue weighted by Gasteiger charge is -2.27. The highest BCUT2D eigenvalue weighted by molar-refractivity contribution is 6.30. The topological polar surface area (TPSA) is 61.0 Å². The van der Waals surface area contributed by atoms with Gasteiger partial charge in [-0.15, -0.1) is 0 Å². The largest absolute Gasteiger partial charge is 0.458 e. The van der Waals surface area contributed by atoms with E-state index in [0.29, 0.717) is 11.0 Å². The molecule has 0 aromatic carbocycles. The second-order valence-electron chi connectivity index (χ2n) is 3.79. The smallest absolute Gasteiger partial charge is 0.316 e. The summed E-state index contributed by atoms with van der Waals surface area (Å²) < 4.78 is 5.62. The van der Waals surface area contributed by atoms with E-state index in [1.165, 1.54) is 18.8 Å². The lowest BCUT2D eigenvalue weighted by atomic mass is 9.93. The molecule has 2 N–H and O–H groups in total. The summed E-state index contributed by atoms with van der Waals surface area (Å²) in [7, 11) is 0. The summed E-state index contributed by atoms with van der Waals surface area (Å²) in [5.41, 5.74) is 5.95. The van der Waals surface area contributed by atoms with Gasteiger partial charge in [0.2, 0.25) is 0 Å². The fourth-order valence-electron chi connectivity index (χ4n) is 1.77. The second kappa shape index (κ2) is 4.77. The second-order valence-corrected chi connectivity index (χ2v) is 4.22. The van der Waals surface area contributed by atoms with Crippen molar-refractivity contribution >= 4 is 11.6 Å². The maximum Gasteiger partial charge on any atom is 0.316 e. The average molecular weight is 228 g/mol. The number of nitrogens with zero attached hydrogens (tertiary/aromatic N) is 2. The molecule has 0 spiro atoms. The molecule has 5 heteroatoms. The van der Waals surface area contributed by atoms with E-state index in [1.54, 1.807) is 0 Å². The molecule has 1 saturated carbocycles. The molecule has 15 heavy (non-hydrogen) atoms. The fourth-order valence-corrected chi connectivity index (χ4v) is 1.87. The van der Waals surface area contributed by atoms with Crippen molar-refractivity contribution in [2.24, 2.45) is 5.73 Å². The van der Waals surface area contributed by atoms with Crippen LogP contribution in [0.3, 0.4) is 0 Å². The summed E-state index contributed by atoms with van der Waals surface area (Å²) in [5, 5.41) is 0.510. The summed E-state index contributed by atoms with van der Waals surface area (Å²) in [6, 6.07) is 0.458. The SMILES string of the molecule is N[C@@H]1CCCC[C@H]1Oc1ncc(Cl)cn1. The van der Waals surface area contributed by atoms with Crippen LogP contribution in [-0.2, 0) is 0 Å². The van der Waals surface area contributed by atoms with Gasteiger partial charge in [-0.2, -0.15) is 0 Å². The van der Waals surface area contributed by atoms with Crippen molar-refractivity contribution < 1.29 is 4.74 Å². The molecular weight excluding hydrogens is 214 g/mol. The Kier molecular flexibility index (Phi) is 3.38. The minimum absolute atomic E-state index is 0.0416. The summed E-state index contributed by atoms with van der Waals surface area (Å²) >= 11 is 5.68. The van der Waals surface area contributed by atoms with Gasteiger partial charge in [-0.3, -0.25) is 0 Å². The highest BCUT2D eigenvalue weighted by Gasteiger charge is 2.24. The average Bonchev–Trinajstić information content (AvgIpc) is 2.25. The third kappa shape index (κ3) is 2.79. The van der Waals surface area contributed by atoms with Gasteiger partial charge in [-0.25, -0.2) is 9.97 Å². The highest BCUT2D eigenvalue weighted by atomic mass is 35.5. The van der Waals surface area contributed by atoms with Crippen molar-refractivity contribution in [3.63, 3.8) is 0 Å². The third-order valence-electron chi connectivity index (χ3n) is 2.61. The van der Waals surface area contributed by atoms with Crippen LogP contribution in [0.4, 0.5) is 0 Å². The minimum Gasteiger partial charge on any atom is -0.458 e. The summed E-state index contributed by atoms with van der Waals surface area (Å²) in [6.45, 7) is 0. The molecule has 82 valence electrons. The van der Waals surface area contributed by atoms with Gasteiger partial charge in [0.05, 0.1) is 17.4 Å². The molecule has 0 saturated heterocycles. The Hall–Kier alpha value is -0.870. The molecule has 1 aliphatic rings. The Labute approximate surface area is 93.8 Å². The van der Waals surface area contributed by atoms with Crippen molar-refractivity contribution in [3.8, 4) is 6.01 Å². The first-order chi connectivity index (χ1) is 7.25. The molecule has 2 atom stereocenters. The van der Waals surface area contributed by atoms with E-state index in [4.69, 9.17) is 22.1 Å². The van der Waals surface area contributed by atoms with Gasteiger partial charge in [-0.05, 0) is 19.3 Å². The lowest BCUT2D eigenvalue weighted by molar-refractivity contribution is 0.120. The van der Waals surface area contributed by atoms with Crippen LogP contribution in [0.1, 0.15) is 25.7 Å². The van der Waals surface area contributed by atoms with E-state index in [-0.39, 0.29) is 12.1 Å². The Morgan fingerprint density at radius 2 is 1.93 bits per heavy atom. The van der Waals surface area contributed by atoms with E-state index in [9.17, 15) is 0 Å². The van der Waals surface area contributed by atoms with Gasteiger partial charge >= 0.3 is 6.01 Å². The normalized spacial score (nSPS) is 26.3. The monoisotopic (exact) mass is 227 g/mol. The van der Waals surface area contributed by atoms with Crippen LogP contribution in [0.2, 0.25) is 5.02 Å². The van der Waals surface area contributed by atoms with Gasteiger partial charge in [0, 0.05) is 6.04 Å². The standard InChI is InChI=1S/C10H14ClN3O/c11-7-5-13-10(14-6-7)15-9-4-2-1-3-8(9)12/h5-6,8-9H,1-4,12H2/t8-,9-/m1/s1. The third-order valence-corrected chi connectivity index (χ3v) is 2.80. The van der Waals surface area contributed by atoms with Crippen LogP contribution in [0.25, 0.3) is 0 Å². The van der Waals surface area contributed by atoms with Crippen LogP contribution in [0, 0.1) is 0 Å². The molecule has 0 bridgehead atoms. The molecule has 0 aliphatic heterocycles. The van der Waals surface area contributed by atoms with Crippen molar-refractivity contribution in [3.05, 3.63) is 17.4 Å². The predicted octanol–water partition coefficient (Wildman–Crippen LogP) is 1.78. The summed E-state index contributed by atoms with van der Waals surface area (Å²) in [6.07, 6.45) is 7.43. The first-order valence-corrected chi connectivity index (χ1v) is 5.53. The van der Waals surface area contributed by atoms with Gasteiger partial charge in [0.1, 0.15) is 6.10 Å². The Balaban J connectivity index is 1.98. The first kappa shape index (κ1) is 10.6. The fraction of sp³-hybridized carbons (Fsp3) is 0.600. The molecule has 1 heterocycles. The molecule has 2 rings (SSSR count). The number of hydrogen-bond donors (Lipinski definition) is 1. The van der Waals surface area contributed by atoms with Crippen molar-refractivity contribution in [2.75, 3.05) is 0 Å². The van der Waals surface area contributed by atoms with E-state index in [1.807, 2.05) is 0 Å². The number of hydrogen-bond acceptors (Lipinski definition) is 4. The van der Waals surface area contributed by atoms with Crippen molar-refractivity contribution in [1.29, 1.82) is 0 Å². The van der Waals surface area contributed by atoms with Crippen molar-refractivity contribution in [1.82, 2.24) is 9.97 Å². The van der Waals surface area contributed by atoms with E-state index < -0.39 is 0 Å². The maximum atomic E-state index is 5.95. The van der Waals surface area contributed by atoms with Gasteiger partial charge < -0.3 is 10.5 Å². The van der Waals surface area contributed by atoms with Crippen molar-refractivity contribution in [2.45, 2.75) is 37.8 Å². The summed E-state index contributed by atoms with van der Waals surface area (Å²) in [4.78, 5) is 7.97. The number of rotatable bonds is 2. The molecule has 0 amide bonds. The van der Waals surface area contributed by atoms with E-state index >= 15 is 0 Å². The van der Waals surface area contributed by atoms with Crippen LogP contribution < -0.4 is 10.5 Å². The quantitative estimate of drug-likeness (QED) is 0.837. The number of aromatic nitrogens is 2. The van der Waals surface area contributed by atoms with Crippen LogP contribution >= 0.6 is 11.6 Å². The number of ether oxygens (including phenoxy) is 1. The van der Waals surface area contributed by atoms with Gasteiger partial charge in [0.25, 0.3) is 0 Å². The van der Waals surface area contributed by atoms with Gasteiger partial charge in [-0.1, -0.05) is 18.0 Å². The molecular formula is C10H14ClN3O. The Morgan fingerprint density at radius 3 is 2.60 bits per heavy atom. The molecule has 0 unspecified atom stereocenters. The minimum atomic E-state index is 0.0416. The molecule has 1 fully saturated rings. The molecule has 1 aliphatic carbocycles. The zero-order valence-electron chi connectivity index (χ0n) is 8.40. The highest BCUT2D eigenvalue weighted by Crippen LogP contribution is 2.20. The zero-order valence-corrected chi connectivity index (χ0v) is 9.15. The van der Waals surface area contributed by atoms with E-state index in [0.717, 1.165) is 19.3 Å². The van der Waals surface area contributed by atoms with Crippen LogP contribution in [0.5, 0.6) is 6.01 Å². The Morgan fingerprint density at radius 1 is 1.27 bits per heavy atom. The Bertz CT molecular complexity index is 317.